The fraction of sp³-hybridized carbons (Fsp3) is 0.300. The van der Waals surface area contributed by atoms with Gasteiger partial charge in [0.25, 0.3) is 0 Å². The van der Waals surface area contributed by atoms with Gasteiger partial charge >= 0.3 is 5.97 Å². The van der Waals surface area contributed by atoms with Gasteiger partial charge in [0.2, 0.25) is 0 Å². The highest BCUT2D eigenvalue weighted by atomic mass is 35.5. The summed E-state index contributed by atoms with van der Waals surface area (Å²) in [4.78, 5) is 10.3. The number of nitrogens with two attached hydrogens (primary N) is 1. The Kier molecular flexibility index (Phi) is 4.39. The van der Waals surface area contributed by atoms with Crippen molar-refractivity contribution in [2.24, 2.45) is 5.73 Å². The molecule has 0 amide bonds. The molecule has 1 aromatic carbocycles. The van der Waals surface area contributed by atoms with Gasteiger partial charge in [0.1, 0.15) is 5.75 Å². The standard InChI is InChI=1S/C10H12ClNO3/c11-8-2-1-7(6-12)9(5-8)15-4-3-10(13)14/h1-2,5H,3-4,6,12H2,(H,13,14). The van der Waals surface area contributed by atoms with Crippen molar-refractivity contribution in [2.75, 3.05) is 6.61 Å². The summed E-state index contributed by atoms with van der Waals surface area (Å²) in [6.45, 7) is 0.447. The van der Waals surface area contributed by atoms with E-state index >= 15 is 0 Å². The second kappa shape index (κ2) is 5.58. The largest absolute Gasteiger partial charge is 0.493 e. The second-order valence-electron chi connectivity index (χ2n) is 2.95. The molecule has 82 valence electrons. The first-order chi connectivity index (χ1) is 7.13. The Balaban J connectivity index is 2.65. The van der Waals surface area contributed by atoms with Crippen LogP contribution in [0.1, 0.15) is 12.0 Å². The minimum absolute atomic E-state index is 0.0451. The molecule has 1 rings (SSSR count). The smallest absolute Gasteiger partial charge is 0.306 e. The molecule has 0 aromatic heterocycles. The summed E-state index contributed by atoms with van der Waals surface area (Å²) in [5.41, 5.74) is 6.30. The molecule has 0 aliphatic carbocycles. The molecule has 0 aliphatic rings. The molecule has 0 spiro atoms. The van der Waals surface area contributed by atoms with E-state index in [0.29, 0.717) is 17.3 Å². The van der Waals surface area contributed by atoms with E-state index in [0.717, 1.165) is 5.56 Å². The summed E-state index contributed by atoms with van der Waals surface area (Å²) >= 11 is 5.78. The maximum absolute atomic E-state index is 10.3. The highest BCUT2D eigenvalue weighted by Crippen LogP contribution is 2.23. The Bertz CT molecular complexity index is 355. The topological polar surface area (TPSA) is 72.5 Å². The third-order valence-corrected chi connectivity index (χ3v) is 2.06. The van der Waals surface area contributed by atoms with Crippen LogP contribution in [0.15, 0.2) is 18.2 Å². The average Bonchev–Trinajstić information content (AvgIpc) is 2.17. The van der Waals surface area contributed by atoms with Crippen LogP contribution in [0.2, 0.25) is 5.02 Å². The number of carboxylic acid groups (broad SMARTS) is 1. The van der Waals surface area contributed by atoms with E-state index in [1.165, 1.54) is 0 Å². The van der Waals surface area contributed by atoms with Gasteiger partial charge in [-0.15, -0.1) is 0 Å². The maximum atomic E-state index is 10.3. The maximum Gasteiger partial charge on any atom is 0.306 e. The van der Waals surface area contributed by atoms with Crippen LogP contribution in [0.4, 0.5) is 0 Å². The Morgan fingerprint density at radius 1 is 1.53 bits per heavy atom. The molecule has 5 heteroatoms. The molecule has 0 heterocycles. The van der Waals surface area contributed by atoms with Crippen LogP contribution in [0.3, 0.4) is 0 Å². The van der Waals surface area contributed by atoms with Crippen LogP contribution in [0.5, 0.6) is 5.75 Å². The predicted molar refractivity (Wildman–Crippen MR) is 57.1 cm³/mol. The summed E-state index contributed by atoms with van der Waals surface area (Å²) in [6.07, 6.45) is -0.0451. The molecule has 0 saturated carbocycles. The fourth-order valence-electron chi connectivity index (χ4n) is 1.08. The van der Waals surface area contributed by atoms with E-state index in [4.69, 9.17) is 27.2 Å². The highest BCUT2D eigenvalue weighted by Gasteiger charge is 2.04. The van der Waals surface area contributed by atoms with Gasteiger partial charge < -0.3 is 15.6 Å². The summed E-state index contributed by atoms with van der Waals surface area (Å²) in [5, 5.41) is 8.98. The van der Waals surface area contributed by atoms with E-state index in [9.17, 15) is 4.79 Å². The van der Waals surface area contributed by atoms with Crippen LogP contribution in [-0.2, 0) is 11.3 Å². The number of carboxylic acids is 1. The summed E-state index contributed by atoms with van der Waals surface area (Å²) in [6, 6.07) is 5.11. The summed E-state index contributed by atoms with van der Waals surface area (Å²) in [7, 11) is 0. The predicted octanol–water partition coefficient (Wildman–Crippen LogP) is 1.65. The van der Waals surface area contributed by atoms with E-state index in [-0.39, 0.29) is 13.0 Å². The molecular formula is C10H12ClNO3. The van der Waals surface area contributed by atoms with Crippen molar-refractivity contribution in [2.45, 2.75) is 13.0 Å². The monoisotopic (exact) mass is 229 g/mol. The van der Waals surface area contributed by atoms with E-state index < -0.39 is 5.97 Å². The van der Waals surface area contributed by atoms with Gasteiger partial charge in [-0.25, -0.2) is 0 Å². The molecular weight excluding hydrogens is 218 g/mol. The van der Waals surface area contributed by atoms with Gasteiger partial charge in [-0.05, 0) is 12.1 Å². The Hall–Kier alpha value is -1.26. The van der Waals surface area contributed by atoms with Crippen LogP contribution in [-0.4, -0.2) is 17.7 Å². The first-order valence-corrected chi connectivity index (χ1v) is 4.84. The fourth-order valence-corrected chi connectivity index (χ4v) is 1.24. The average molecular weight is 230 g/mol. The molecule has 0 saturated heterocycles. The SMILES string of the molecule is NCc1ccc(Cl)cc1OCCC(=O)O. The normalized spacial score (nSPS) is 10.0. The van der Waals surface area contributed by atoms with Gasteiger partial charge in [0.15, 0.2) is 0 Å². The lowest BCUT2D eigenvalue weighted by molar-refractivity contribution is -0.137. The van der Waals surface area contributed by atoms with Crippen molar-refractivity contribution in [3.8, 4) is 5.75 Å². The second-order valence-corrected chi connectivity index (χ2v) is 3.38. The number of carbonyl (C=O) groups is 1. The van der Waals surface area contributed by atoms with Gasteiger partial charge in [0, 0.05) is 17.1 Å². The molecule has 4 nitrogen and oxygen atoms in total. The molecule has 0 bridgehead atoms. The molecule has 15 heavy (non-hydrogen) atoms. The quantitative estimate of drug-likeness (QED) is 0.805. The molecule has 0 radical (unpaired) electrons. The number of aliphatic carboxylic acids is 1. The van der Waals surface area contributed by atoms with Crippen molar-refractivity contribution < 1.29 is 14.6 Å². The number of ether oxygens (including phenoxy) is 1. The molecule has 0 fully saturated rings. The first-order valence-electron chi connectivity index (χ1n) is 4.46. The number of benzene rings is 1. The summed E-state index contributed by atoms with van der Waals surface area (Å²) in [5.74, 6) is -0.349. The highest BCUT2D eigenvalue weighted by molar-refractivity contribution is 6.30. The molecule has 0 atom stereocenters. The van der Waals surface area contributed by atoms with Crippen molar-refractivity contribution in [1.29, 1.82) is 0 Å². The lowest BCUT2D eigenvalue weighted by Crippen LogP contribution is -2.07. The summed E-state index contributed by atoms with van der Waals surface area (Å²) < 4.78 is 5.27. The van der Waals surface area contributed by atoms with Crippen molar-refractivity contribution >= 4 is 17.6 Å². The van der Waals surface area contributed by atoms with E-state index in [2.05, 4.69) is 0 Å². The number of rotatable bonds is 5. The minimum Gasteiger partial charge on any atom is -0.493 e. The Morgan fingerprint density at radius 2 is 2.27 bits per heavy atom. The van der Waals surface area contributed by atoms with Crippen LogP contribution in [0.25, 0.3) is 0 Å². The zero-order valence-corrected chi connectivity index (χ0v) is 8.83. The Labute approximate surface area is 92.6 Å². The van der Waals surface area contributed by atoms with Gasteiger partial charge in [-0.3, -0.25) is 4.79 Å². The van der Waals surface area contributed by atoms with E-state index in [1.54, 1.807) is 18.2 Å². The third-order valence-electron chi connectivity index (χ3n) is 1.82. The van der Waals surface area contributed by atoms with E-state index in [1.807, 2.05) is 0 Å². The molecule has 0 aliphatic heterocycles. The zero-order chi connectivity index (χ0) is 11.3. The van der Waals surface area contributed by atoms with Crippen LogP contribution >= 0.6 is 11.6 Å². The van der Waals surface area contributed by atoms with Gasteiger partial charge in [-0.1, -0.05) is 17.7 Å². The minimum atomic E-state index is -0.897. The zero-order valence-electron chi connectivity index (χ0n) is 8.07. The first kappa shape index (κ1) is 11.8. The van der Waals surface area contributed by atoms with Crippen molar-refractivity contribution in [3.63, 3.8) is 0 Å². The molecule has 3 N–H and O–H groups in total. The van der Waals surface area contributed by atoms with Crippen molar-refractivity contribution in [3.05, 3.63) is 28.8 Å². The molecule has 0 unspecified atom stereocenters. The lowest BCUT2D eigenvalue weighted by atomic mass is 10.2. The van der Waals surface area contributed by atoms with Gasteiger partial charge in [0.05, 0.1) is 13.0 Å². The van der Waals surface area contributed by atoms with Gasteiger partial charge in [-0.2, -0.15) is 0 Å². The lowest BCUT2D eigenvalue weighted by Gasteiger charge is -2.09. The number of hydrogen-bond acceptors (Lipinski definition) is 3. The van der Waals surface area contributed by atoms with Crippen LogP contribution in [0, 0.1) is 0 Å². The number of halogens is 1. The molecule has 1 aromatic rings. The van der Waals surface area contributed by atoms with Crippen LogP contribution < -0.4 is 10.5 Å². The Morgan fingerprint density at radius 3 is 2.87 bits per heavy atom. The number of hydrogen-bond donors (Lipinski definition) is 2. The van der Waals surface area contributed by atoms with Crippen molar-refractivity contribution in [1.82, 2.24) is 0 Å². The third kappa shape index (κ3) is 3.77.